The number of alkyl halides is 1. The van der Waals surface area contributed by atoms with E-state index < -0.39 is 6.67 Å². The molecule has 46 valence electrons. The Morgan fingerprint density at radius 1 is 1.75 bits per heavy atom. The largest absolute Gasteiger partial charge is 0.246 e. The van der Waals surface area contributed by atoms with Gasteiger partial charge in [0.05, 0.1) is 0 Å². The van der Waals surface area contributed by atoms with Crippen molar-refractivity contribution in [2.45, 2.75) is 13.8 Å². The third kappa shape index (κ3) is 1.94. The minimum atomic E-state index is -0.416. The summed E-state index contributed by atoms with van der Waals surface area (Å²) >= 11 is 0. The highest BCUT2D eigenvalue weighted by atomic mass is 19.1. The Bertz CT molecular complexity index is 108. The van der Waals surface area contributed by atoms with Crippen LogP contribution in [0.1, 0.15) is 13.8 Å². The van der Waals surface area contributed by atoms with Gasteiger partial charge in [0.1, 0.15) is 6.67 Å². The molecule has 0 fully saturated rings. The molecular weight excluding hydrogens is 103 g/mol. The number of hydrogen-bond donors (Lipinski definition) is 0. The van der Waals surface area contributed by atoms with E-state index in [-0.39, 0.29) is 5.92 Å². The predicted molar refractivity (Wildman–Crippen MR) is 33.5 cm³/mol. The molecule has 0 atom stereocenters. The van der Waals surface area contributed by atoms with Crippen LogP contribution in [0.2, 0.25) is 0 Å². The molecule has 0 aliphatic heterocycles. The van der Waals surface area contributed by atoms with E-state index in [1.54, 1.807) is 0 Å². The van der Waals surface area contributed by atoms with E-state index in [0.717, 1.165) is 0 Å². The summed E-state index contributed by atoms with van der Waals surface area (Å²) in [5.41, 5.74) is 3.20. The predicted octanol–water partition coefficient (Wildman–Crippen LogP) is 2.32. The molecule has 0 rings (SSSR count). The van der Waals surface area contributed by atoms with Crippen LogP contribution < -0.4 is 0 Å². The van der Waals surface area contributed by atoms with Gasteiger partial charge in [-0.15, -0.1) is 5.73 Å². The van der Waals surface area contributed by atoms with Crippen LogP contribution in [0.3, 0.4) is 0 Å². The second-order valence-electron chi connectivity index (χ2n) is 1.99. The maximum atomic E-state index is 11.8. The lowest BCUT2D eigenvalue weighted by molar-refractivity contribution is 0.510. The third-order valence-corrected chi connectivity index (χ3v) is 1.07. The van der Waals surface area contributed by atoms with Gasteiger partial charge < -0.3 is 0 Å². The van der Waals surface area contributed by atoms with E-state index in [2.05, 4.69) is 12.3 Å². The highest BCUT2D eigenvalue weighted by molar-refractivity contribution is 5.01. The van der Waals surface area contributed by atoms with Gasteiger partial charge in [-0.2, -0.15) is 0 Å². The highest BCUT2D eigenvalue weighted by Crippen LogP contribution is 2.06. The molecule has 8 heavy (non-hydrogen) atoms. The molecule has 0 amide bonds. The second-order valence-corrected chi connectivity index (χ2v) is 1.99. The Balaban J connectivity index is 3.92. The van der Waals surface area contributed by atoms with Crippen LogP contribution in [0.15, 0.2) is 17.9 Å². The summed E-state index contributed by atoms with van der Waals surface area (Å²) in [5, 5.41) is 0. The molecule has 0 nitrogen and oxygen atoms in total. The Labute approximate surface area is 49.7 Å². The molecule has 0 spiro atoms. The van der Waals surface area contributed by atoms with Crippen LogP contribution in [-0.2, 0) is 0 Å². The number of rotatable bonds is 2. The van der Waals surface area contributed by atoms with Crippen molar-refractivity contribution < 1.29 is 4.39 Å². The van der Waals surface area contributed by atoms with Crippen LogP contribution in [0, 0.1) is 5.92 Å². The quantitative estimate of drug-likeness (QED) is 0.483. The van der Waals surface area contributed by atoms with Crippen molar-refractivity contribution in [3.05, 3.63) is 17.9 Å². The minimum absolute atomic E-state index is 0.248. The van der Waals surface area contributed by atoms with Crippen molar-refractivity contribution in [3.63, 3.8) is 0 Å². The fraction of sp³-hybridized carbons (Fsp3) is 0.571. The molecular formula is C7H11F. The second kappa shape index (κ2) is 3.45. The van der Waals surface area contributed by atoms with Gasteiger partial charge in [0.2, 0.25) is 0 Å². The van der Waals surface area contributed by atoms with Gasteiger partial charge in [-0.3, -0.25) is 0 Å². The van der Waals surface area contributed by atoms with Gasteiger partial charge in [0.15, 0.2) is 0 Å². The average Bonchev–Trinajstić information content (AvgIpc) is 1.69. The highest BCUT2D eigenvalue weighted by Gasteiger charge is 1.98. The molecule has 0 heterocycles. The fourth-order valence-corrected chi connectivity index (χ4v) is 0.406. The fourth-order valence-electron chi connectivity index (χ4n) is 0.406. The van der Waals surface area contributed by atoms with Crippen molar-refractivity contribution in [1.29, 1.82) is 0 Å². The average molecular weight is 114 g/mol. The Hall–Kier alpha value is -0.550. The molecule has 0 saturated heterocycles. The molecule has 0 unspecified atom stereocenters. The van der Waals surface area contributed by atoms with Gasteiger partial charge in [-0.05, 0) is 5.92 Å². The van der Waals surface area contributed by atoms with Crippen molar-refractivity contribution in [1.82, 2.24) is 0 Å². The van der Waals surface area contributed by atoms with Gasteiger partial charge in [-0.25, -0.2) is 4.39 Å². The molecule has 0 aliphatic carbocycles. The van der Waals surface area contributed by atoms with E-state index in [0.29, 0.717) is 5.57 Å². The first-order valence-electron chi connectivity index (χ1n) is 2.67. The number of hydrogen-bond acceptors (Lipinski definition) is 0. The van der Waals surface area contributed by atoms with E-state index in [1.807, 2.05) is 13.8 Å². The SMILES string of the molecule is C=C=C(CF)C(C)C. The van der Waals surface area contributed by atoms with Crippen LogP contribution >= 0.6 is 0 Å². The molecule has 0 N–H and O–H groups in total. The topological polar surface area (TPSA) is 0 Å². The molecule has 0 aliphatic rings. The van der Waals surface area contributed by atoms with Gasteiger partial charge in [0.25, 0.3) is 0 Å². The van der Waals surface area contributed by atoms with E-state index in [1.165, 1.54) is 0 Å². The molecule has 0 aromatic heterocycles. The molecule has 1 heteroatoms. The van der Waals surface area contributed by atoms with Crippen molar-refractivity contribution in [2.24, 2.45) is 5.92 Å². The molecule has 0 aromatic carbocycles. The monoisotopic (exact) mass is 114 g/mol. The van der Waals surface area contributed by atoms with Gasteiger partial charge in [-0.1, -0.05) is 20.4 Å². The minimum Gasteiger partial charge on any atom is -0.246 e. The van der Waals surface area contributed by atoms with Crippen molar-refractivity contribution in [2.75, 3.05) is 6.67 Å². The zero-order valence-corrected chi connectivity index (χ0v) is 5.37. The summed E-state index contributed by atoms with van der Waals surface area (Å²) in [7, 11) is 0. The summed E-state index contributed by atoms with van der Waals surface area (Å²) in [5.74, 6) is 0.248. The first kappa shape index (κ1) is 7.45. The van der Waals surface area contributed by atoms with E-state index >= 15 is 0 Å². The van der Waals surface area contributed by atoms with E-state index in [4.69, 9.17) is 0 Å². The Kier molecular flexibility index (Phi) is 3.21. The molecule has 0 aromatic rings. The molecule has 0 radical (unpaired) electrons. The lowest BCUT2D eigenvalue weighted by Gasteiger charge is -2.00. The van der Waals surface area contributed by atoms with Crippen molar-refractivity contribution >= 4 is 0 Å². The lowest BCUT2D eigenvalue weighted by atomic mass is 10.1. The summed E-state index contributed by atoms with van der Waals surface area (Å²) in [6, 6.07) is 0. The maximum absolute atomic E-state index is 11.8. The smallest absolute Gasteiger partial charge is 0.118 e. The summed E-state index contributed by atoms with van der Waals surface area (Å²) in [6.07, 6.45) is 0. The zero-order valence-electron chi connectivity index (χ0n) is 5.37. The Morgan fingerprint density at radius 2 is 2.25 bits per heavy atom. The van der Waals surface area contributed by atoms with Crippen LogP contribution in [0.25, 0.3) is 0 Å². The maximum Gasteiger partial charge on any atom is 0.118 e. The zero-order chi connectivity index (χ0) is 6.57. The van der Waals surface area contributed by atoms with Crippen LogP contribution in [-0.4, -0.2) is 6.67 Å². The summed E-state index contributed by atoms with van der Waals surface area (Å²) in [6.45, 7) is 6.78. The Morgan fingerprint density at radius 3 is 2.25 bits per heavy atom. The third-order valence-electron chi connectivity index (χ3n) is 1.07. The molecule has 0 saturated carbocycles. The lowest BCUT2D eigenvalue weighted by Crippen LogP contribution is -1.93. The first-order chi connectivity index (χ1) is 3.72. The normalized spacial score (nSPS) is 9.00. The van der Waals surface area contributed by atoms with E-state index in [9.17, 15) is 4.39 Å². The number of allylic oxidation sites excluding steroid dienone is 1. The van der Waals surface area contributed by atoms with Gasteiger partial charge >= 0.3 is 0 Å². The standard InChI is InChI=1S/C7H11F/c1-4-7(5-8)6(2)3/h6H,1,5H2,2-3H3. The van der Waals surface area contributed by atoms with Crippen LogP contribution in [0.5, 0.6) is 0 Å². The summed E-state index contributed by atoms with van der Waals surface area (Å²) < 4.78 is 11.8. The van der Waals surface area contributed by atoms with Crippen molar-refractivity contribution in [3.8, 4) is 0 Å². The first-order valence-corrected chi connectivity index (χ1v) is 2.67. The molecule has 0 bridgehead atoms. The van der Waals surface area contributed by atoms with Crippen LogP contribution in [0.4, 0.5) is 4.39 Å². The van der Waals surface area contributed by atoms with Gasteiger partial charge in [0, 0.05) is 5.57 Å². The summed E-state index contributed by atoms with van der Waals surface area (Å²) in [4.78, 5) is 0. The number of halogens is 1.